The summed E-state index contributed by atoms with van der Waals surface area (Å²) >= 11 is 5.93. The predicted octanol–water partition coefficient (Wildman–Crippen LogP) is 2.61. The molecule has 2 rings (SSSR count). The second kappa shape index (κ2) is 5.61. The third-order valence-electron chi connectivity index (χ3n) is 2.93. The van der Waals surface area contributed by atoms with Crippen molar-refractivity contribution in [2.45, 2.75) is 39.2 Å². The second-order valence-electron chi connectivity index (χ2n) is 4.91. The number of hydrogen-bond acceptors (Lipinski definition) is 2. The number of carbonyl (C=O) groups excluding carboxylic acids is 1. The maximum Gasteiger partial charge on any atom is 0.240 e. The smallest absolute Gasteiger partial charge is 0.240 e. The Labute approximate surface area is 117 Å². The highest BCUT2D eigenvalue weighted by Gasteiger charge is 2.14. The van der Waals surface area contributed by atoms with Gasteiger partial charge in [0.25, 0.3) is 0 Å². The van der Waals surface area contributed by atoms with Crippen molar-refractivity contribution in [3.8, 4) is 0 Å². The van der Waals surface area contributed by atoms with Crippen LogP contribution in [0.2, 0.25) is 0 Å². The number of carbonyl (C=O) groups is 1. The minimum atomic E-state index is -0.0258. The summed E-state index contributed by atoms with van der Waals surface area (Å²) < 4.78 is 1.88. The normalized spacial score (nSPS) is 11.2. The van der Waals surface area contributed by atoms with Crippen LogP contribution in [0.5, 0.6) is 0 Å². The molecule has 1 aromatic carbocycles. The number of benzene rings is 1. The van der Waals surface area contributed by atoms with Crippen LogP contribution in [0.3, 0.4) is 0 Å². The van der Waals surface area contributed by atoms with Crippen LogP contribution in [-0.2, 0) is 17.2 Å². The van der Waals surface area contributed by atoms with E-state index in [0.29, 0.717) is 5.88 Å². The zero-order chi connectivity index (χ0) is 14.0. The van der Waals surface area contributed by atoms with Gasteiger partial charge in [0.1, 0.15) is 12.4 Å². The summed E-state index contributed by atoms with van der Waals surface area (Å²) in [7, 11) is 0. The summed E-state index contributed by atoms with van der Waals surface area (Å²) in [6.07, 6.45) is 0. The maximum atomic E-state index is 11.9. The molecule has 0 spiro atoms. The summed E-state index contributed by atoms with van der Waals surface area (Å²) in [4.78, 5) is 16.4. The van der Waals surface area contributed by atoms with E-state index in [1.165, 1.54) is 0 Å². The van der Waals surface area contributed by atoms with Gasteiger partial charge in [0, 0.05) is 6.04 Å². The van der Waals surface area contributed by atoms with Crippen molar-refractivity contribution >= 4 is 28.5 Å². The molecule has 0 aliphatic heterocycles. The molecule has 0 unspecified atom stereocenters. The fraction of sp³-hybridized carbons (Fsp3) is 0.429. The summed E-state index contributed by atoms with van der Waals surface area (Å²) in [6, 6.07) is 6.07. The molecule has 0 aliphatic rings. The lowest BCUT2D eigenvalue weighted by Crippen LogP contribution is -2.33. The van der Waals surface area contributed by atoms with Crippen molar-refractivity contribution < 1.29 is 4.79 Å². The highest BCUT2D eigenvalue weighted by Crippen LogP contribution is 2.20. The van der Waals surface area contributed by atoms with E-state index in [9.17, 15) is 4.79 Å². The number of fused-ring (bicyclic) bond motifs is 1. The highest BCUT2D eigenvalue weighted by atomic mass is 35.5. The maximum absolute atomic E-state index is 11.9. The van der Waals surface area contributed by atoms with E-state index in [0.717, 1.165) is 22.4 Å². The van der Waals surface area contributed by atoms with Crippen molar-refractivity contribution in [2.75, 3.05) is 0 Å². The van der Waals surface area contributed by atoms with Gasteiger partial charge in [0.05, 0.1) is 16.9 Å². The third-order valence-corrected chi connectivity index (χ3v) is 3.17. The number of halogens is 1. The Morgan fingerprint density at radius 3 is 2.84 bits per heavy atom. The SMILES string of the molecule is Cc1cccc2c1nc(CCl)n2CC(=O)NC(C)C. The lowest BCUT2D eigenvalue weighted by atomic mass is 10.2. The Balaban J connectivity index is 2.41. The third kappa shape index (κ3) is 2.89. The standard InChI is InChI=1S/C14H18ClN3O/c1-9(2)16-13(19)8-18-11-6-4-5-10(3)14(11)17-12(18)7-15/h4-6,9H,7-8H2,1-3H3,(H,16,19). The predicted molar refractivity (Wildman–Crippen MR) is 77.3 cm³/mol. The second-order valence-corrected chi connectivity index (χ2v) is 5.18. The molecule has 0 bridgehead atoms. The average molecular weight is 280 g/mol. The quantitative estimate of drug-likeness (QED) is 0.875. The zero-order valence-corrected chi connectivity index (χ0v) is 12.2. The monoisotopic (exact) mass is 279 g/mol. The molecule has 19 heavy (non-hydrogen) atoms. The Bertz CT molecular complexity index is 604. The number of nitrogens with one attached hydrogen (secondary N) is 1. The number of aromatic nitrogens is 2. The fourth-order valence-corrected chi connectivity index (χ4v) is 2.33. The van der Waals surface area contributed by atoms with Gasteiger partial charge in [0.2, 0.25) is 5.91 Å². The molecule has 0 saturated heterocycles. The number of amides is 1. The molecule has 2 aromatic rings. The van der Waals surface area contributed by atoms with E-state index >= 15 is 0 Å². The summed E-state index contributed by atoms with van der Waals surface area (Å²) in [6.45, 7) is 6.14. The molecular weight excluding hydrogens is 262 g/mol. The van der Waals surface area contributed by atoms with Crippen molar-refractivity contribution in [1.82, 2.24) is 14.9 Å². The van der Waals surface area contributed by atoms with Gasteiger partial charge in [-0.05, 0) is 32.4 Å². The first kappa shape index (κ1) is 13.9. The number of para-hydroxylation sites is 1. The lowest BCUT2D eigenvalue weighted by molar-refractivity contribution is -0.122. The van der Waals surface area contributed by atoms with Crippen LogP contribution < -0.4 is 5.32 Å². The largest absolute Gasteiger partial charge is 0.352 e. The van der Waals surface area contributed by atoms with E-state index in [4.69, 9.17) is 11.6 Å². The van der Waals surface area contributed by atoms with E-state index < -0.39 is 0 Å². The van der Waals surface area contributed by atoms with Gasteiger partial charge in [-0.2, -0.15) is 0 Å². The lowest BCUT2D eigenvalue weighted by Gasteiger charge is -2.11. The number of imidazole rings is 1. The molecule has 102 valence electrons. The van der Waals surface area contributed by atoms with Crippen molar-refractivity contribution in [1.29, 1.82) is 0 Å². The number of aryl methyl sites for hydroxylation is 1. The molecule has 1 amide bonds. The Morgan fingerprint density at radius 2 is 2.21 bits per heavy atom. The molecule has 1 aromatic heterocycles. The van der Waals surface area contributed by atoms with Crippen LogP contribution in [0.25, 0.3) is 11.0 Å². The van der Waals surface area contributed by atoms with Gasteiger partial charge in [-0.25, -0.2) is 4.98 Å². The van der Waals surface area contributed by atoms with Gasteiger partial charge >= 0.3 is 0 Å². The van der Waals surface area contributed by atoms with Crippen LogP contribution >= 0.6 is 11.6 Å². The molecule has 0 saturated carbocycles. The van der Waals surface area contributed by atoms with E-state index in [1.807, 2.05) is 43.5 Å². The van der Waals surface area contributed by atoms with Crippen LogP contribution in [0.4, 0.5) is 0 Å². The van der Waals surface area contributed by atoms with Crippen LogP contribution in [0.1, 0.15) is 25.2 Å². The van der Waals surface area contributed by atoms with Crippen molar-refractivity contribution in [3.05, 3.63) is 29.6 Å². The Hall–Kier alpha value is -1.55. The van der Waals surface area contributed by atoms with Gasteiger partial charge in [-0.3, -0.25) is 4.79 Å². The molecule has 4 nitrogen and oxygen atoms in total. The average Bonchev–Trinajstić information content (AvgIpc) is 2.68. The number of nitrogens with zero attached hydrogens (tertiary/aromatic N) is 2. The van der Waals surface area contributed by atoms with Crippen LogP contribution in [-0.4, -0.2) is 21.5 Å². The van der Waals surface area contributed by atoms with Crippen molar-refractivity contribution in [2.24, 2.45) is 0 Å². The molecule has 1 heterocycles. The van der Waals surface area contributed by atoms with Gasteiger partial charge in [-0.15, -0.1) is 11.6 Å². The zero-order valence-electron chi connectivity index (χ0n) is 11.4. The fourth-order valence-electron chi connectivity index (χ4n) is 2.12. The molecule has 5 heteroatoms. The Morgan fingerprint density at radius 1 is 1.47 bits per heavy atom. The molecule has 0 aliphatic carbocycles. The molecule has 1 N–H and O–H groups in total. The molecular formula is C14H18ClN3O. The summed E-state index contributed by atoms with van der Waals surface area (Å²) in [5.74, 6) is 0.996. The number of rotatable bonds is 4. The summed E-state index contributed by atoms with van der Waals surface area (Å²) in [5.41, 5.74) is 2.96. The van der Waals surface area contributed by atoms with Crippen LogP contribution in [0.15, 0.2) is 18.2 Å². The topological polar surface area (TPSA) is 46.9 Å². The van der Waals surface area contributed by atoms with Gasteiger partial charge < -0.3 is 9.88 Å². The molecule has 0 atom stereocenters. The number of hydrogen-bond donors (Lipinski definition) is 1. The van der Waals surface area contributed by atoms with Gasteiger partial charge in [0.15, 0.2) is 0 Å². The molecule has 0 fully saturated rings. The van der Waals surface area contributed by atoms with E-state index in [2.05, 4.69) is 10.3 Å². The first-order valence-electron chi connectivity index (χ1n) is 6.33. The first-order chi connectivity index (χ1) is 9.02. The summed E-state index contributed by atoms with van der Waals surface area (Å²) in [5, 5.41) is 2.88. The van der Waals surface area contributed by atoms with Crippen molar-refractivity contribution in [3.63, 3.8) is 0 Å². The highest BCUT2D eigenvalue weighted by molar-refractivity contribution is 6.16. The van der Waals surface area contributed by atoms with E-state index in [1.54, 1.807) is 0 Å². The Kier molecular flexibility index (Phi) is 4.10. The minimum Gasteiger partial charge on any atom is -0.352 e. The van der Waals surface area contributed by atoms with E-state index in [-0.39, 0.29) is 18.5 Å². The van der Waals surface area contributed by atoms with Gasteiger partial charge in [-0.1, -0.05) is 12.1 Å². The first-order valence-corrected chi connectivity index (χ1v) is 6.86. The van der Waals surface area contributed by atoms with Crippen LogP contribution in [0, 0.1) is 6.92 Å². The number of alkyl halides is 1. The minimum absolute atomic E-state index is 0.0258. The molecule has 0 radical (unpaired) electrons.